The number of carbonyl (C=O) groups is 2. The predicted molar refractivity (Wildman–Crippen MR) is 118 cm³/mol. The van der Waals surface area contributed by atoms with Crippen molar-refractivity contribution < 1.29 is 24.5 Å². The molecule has 0 bridgehead atoms. The van der Waals surface area contributed by atoms with Gasteiger partial charge >= 0.3 is 5.97 Å². The number of Topliss-reactive ketones (excluding diaryl/α,β-unsaturated/α-hetero) is 1. The Morgan fingerprint density at radius 1 is 1.30 bits per heavy atom. The van der Waals surface area contributed by atoms with Crippen LogP contribution in [0.5, 0.6) is 0 Å². The third-order valence-corrected chi connectivity index (χ3v) is 5.91. The first-order valence-corrected chi connectivity index (χ1v) is 11.0. The highest BCUT2D eigenvalue weighted by atomic mass is 16.5. The lowest BCUT2D eigenvalue weighted by molar-refractivity contribution is -0.140. The normalized spacial score (nSPS) is 26.7. The molecule has 4 atom stereocenters. The van der Waals surface area contributed by atoms with Crippen LogP contribution in [0.3, 0.4) is 0 Å². The standard InChI is InChI=1S/C25H36O5/c1-25(29,17-15-19-10-7-8-11-19)16-9-13-21-20(22(26)18-23(21)27)12-5-3-4-6-14-24(28)30-2/h3-4,9-10,13,15,17,20-21,23,27,29H,5-8,11-12,14,16,18H2,1-2H3/b4-3-,13-9+,17-15+. The van der Waals surface area contributed by atoms with Crippen LogP contribution in [0.25, 0.3) is 0 Å². The van der Waals surface area contributed by atoms with Crippen LogP contribution in [0.2, 0.25) is 0 Å². The van der Waals surface area contributed by atoms with Crippen LogP contribution < -0.4 is 0 Å². The lowest BCUT2D eigenvalue weighted by Gasteiger charge is -2.19. The Labute approximate surface area is 180 Å². The molecule has 0 aromatic heterocycles. The zero-order valence-electron chi connectivity index (χ0n) is 18.3. The average Bonchev–Trinajstić information content (AvgIpc) is 3.31. The molecule has 5 heteroatoms. The van der Waals surface area contributed by atoms with E-state index in [0.717, 1.165) is 19.3 Å². The molecule has 30 heavy (non-hydrogen) atoms. The van der Waals surface area contributed by atoms with Crippen molar-refractivity contribution >= 4 is 11.8 Å². The van der Waals surface area contributed by atoms with Gasteiger partial charge in [0.1, 0.15) is 5.78 Å². The zero-order valence-corrected chi connectivity index (χ0v) is 18.3. The summed E-state index contributed by atoms with van der Waals surface area (Å²) < 4.78 is 4.60. The van der Waals surface area contributed by atoms with Crippen molar-refractivity contribution in [2.75, 3.05) is 7.11 Å². The summed E-state index contributed by atoms with van der Waals surface area (Å²) in [6.45, 7) is 1.77. The van der Waals surface area contributed by atoms with Gasteiger partial charge in [0.05, 0.1) is 18.8 Å². The molecule has 0 amide bonds. The SMILES string of the molecule is COC(=O)CC/C=C\CCC1C(=O)CC(O)C1/C=C/CC(C)(O)/C=C/C1=CCCC1. The second-order valence-corrected chi connectivity index (χ2v) is 8.58. The molecule has 0 aromatic carbocycles. The van der Waals surface area contributed by atoms with E-state index in [1.807, 2.05) is 36.5 Å². The molecular formula is C25H36O5. The van der Waals surface area contributed by atoms with Crippen molar-refractivity contribution in [3.05, 3.63) is 48.1 Å². The minimum absolute atomic E-state index is 0.0972. The number of aliphatic hydroxyl groups is 2. The Hall–Kier alpha value is -1.98. The van der Waals surface area contributed by atoms with E-state index in [1.54, 1.807) is 6.92 Å². The summed E-state index contributed by atoms with van der Waals surface area (Å²) in [5.41, 5.74) is 0.321. The Balaban J connectivity index is 1.83. The quantitative estimate of drug-likeness (QED) is 0.389. The van der Waals surface area contributed by atoms with Crippen molar-refractivity contribution in [3.8, 4) is 0 Å². The smallest absolute Gasteiger partial charge is 0.305 e. The highest BCUT2D eigenvalue weighted by Crippen LogP contribution is 2.34. The average molecular weight is 417 g/mol. The Bertz CT molecular complexity index is 698. The molecule has 0 heterocycles. The molecule has 4 unspecified atom stereocenters. The molecule has 2 rings (SSSR count). The lowest BCUT2D eigenvalue weighted by atomic mass is 9.88. The molecule has 2 aliphatic carbocycles. The van der Waals surface area contributed by atoms with Crippen molar-refractivity contribution in [3.63, 3.8) is 0 Å². The van der Waals surface area contributed by atoms with Crippen LogP contribution in [-0.2, 0) is 14.3 Å². The van der Waals surface area contributed by atoms with Crippen LogP contribution in [0.1, 0.15) is 64.7 Å². The van der Waals surface area contributed by atoms with Gasteiger partial charge in [-0.1, -0.05) is 48.1 Å². The number of aliphatic hydroxyl groups excluding tert-OH is 1. The third-order valence-electron chi connectivity index (χ3n) is 5.91. The minimum Gasteiger partial charge on any atom is -0.469 e. The first kappa shape index (κ1) is 24.3. The molecule has 0 spiro atoms. The fourth-order valence-electron chi connectivity index (χ4n) is 4.07. The highest BCUT2D eigenvalue weighted by molar-refractivity contribution is 5.84. The van der Waals surface area contributed by atoms with Gasteiger partial charge in [0.25, 0.3) is 0 Å². The van der Waals surface area contributed by atoms with E-state index in [0.29, 0.717) is 25.7 Å². The van der Waals surface area contributed by atoms with E-state index in [-0.39, 0.29) is 30.0 Å². The van der Waals surface area contributed by atoms with Crippen molar-refractivity contribution in [1.82, 2.24) is 0 Å². The van der Waals surface area contributed by atoms with Gasteiger partial charge in [-0.25, -0.2) is 0 Å². The van der Waals surface area contributed by atoms with Gasteiger partial charge in [-0.2, -0.15) is 0 Å². The summed E-state index contributed by atoms with van der Waals surface area (Å²) in [6, 6.07) is 0. The van der Waals surface area contributed by atoms with Gasteiger partial charge in [-0.3, -0.25) is 9.59 Å². The van der Waals surface area contributed by atoms with Crippen LogP contribution in [0.4, 0.5) is 0 Å². The van der Waals surface area contributed by atoms with Gasteiger partial charge in [0, 0.05) is 24.7 Å². The molecule has 5 nitrogen and oxygen atoms in total. The maximum atomic E-state index is 12.3. The van der Waals surface area contributed by atoms with Crippen LogP contribution in [-0.4, -0.2) is 40.8 Å². The van der Waals surface area contributed by atoms with Gasteiger partial charge in [0.15, 0.2) is 0 Å². The number of ketones is 1. The molecule has 0 saturated heterocycles. The Morgan fingerprint density at radius 3 is 2.77 bits per heavy atom. The number of methoxy groups -OCH3 is 1. The largest absolute Gasteiger partial charge is 0.469 e. The number of esters is 1. The van der Waals surface area contributed by atoms with Gasteiger partial charge in [-0.15, -0.1) is 0 Å². The second-order valence-electron chi connectivity index (χ2n) is 8.58. The molecule has 166 valence electrons. The minimum atomic E-state index is -0.953. The Kier molecular flexibility index (Phi) is 9.73. The zero-order chi connectivity index (χ0) is 22.0. The molecule has 0 aliphatic heterocycles. The molecule has 0 aromatic rings. The number of hydrogen-bond donors (Lipinski definition) is 2. The third kappa shape index (κ3) is 8.04. The highest BCUT2D eigenvalue weighted by Gasteiger charge is 2.39. The van der Waals surface area contributed by atoms with Gasteiger partial charge < -0.3 is 14.9 Å². The monoisotopic (exact) mass is 416 g/mol. The summed E-state index contributed by atoms with van der Waals surface area (Å²) in [6.07, 6.45) is 19.4. The van der Waals surface area contributed by atoms with E-state index in [9.17, 15) is 19.8 Å². The molecule has 1 saturated carbocycles. The summed E-state index contributed by atoms with van der Waals surface area (Å²) in [5, 5.41) is 20.9. The number of allylic oxidation sites excluding steroid dienone is 5. The number of carbonyl (C=O) groups excluding carboxylic acids is 2. The first-order valence-electron chi connectivity index (χ1n) is 11.0. The van der Waals surface area contributed by atoms with E-state index >= 15 is 0 Å². The lowest BCUT2D eigenvalue weighted by Crippen LogP contribution is -2.21. The molecule has 0 radical (unpaired) electrons. The number of ether oxygens (including phenoxy) is 1. The van der Waals surface area contributed by atoms with E-state index in [2.05, 4.69) is 10.8 Å². The molecule has 2 N–H and O–H groups in total. The topological polar surface area (TPSA) is 83.8 Å². The molecule has 2 aliphatic rings. The van der Waals surface area contributed by atoms with Crippen molar-refractivity contribution in [2.45, 2.75) is 76.4 Å². The summed E-state index contributed by atoms with van der Waals surface area (Å²) in [7, 11) is 1.37. The first-order chi connectivity index (χ1) is 14.3. The van der Waals surface area contributed by atoms with Gasteiger partial charge in [0.2, 0.25) is 0 Å². The maximum absolute atomic E-state index is 12.3. The Morgan fingerprint density at radius 2 is 2.07 bits per heavy atom. The summed E-state index contributed by atoms with van der Waals surface area (Å²) in [5.74, 6) is -0.548. The fourth-order valence-corrected chi connectivity index (χ4v) is 4.07. The maximum Gasteiger partial charge on any atom is 0.305 e. The predicted octanol–water partition coefficient (Wildman–Crippen LogP) is 4.21. The van der Waals surface area contributed by atoms with Crippen molar-refractivity contribution in [2.24, 2.45) is 11.8 Å². The van der Waals surface area contributed by atoms with Crippen molar-refractivity contribution in [1.29, 1.82) is 0 Å². The summed E-state index contributed by atoms with van der Waals surface area (Å²) in [4.78, 5) is 23.4. The van der Waals surface area contributed by atoms with E-state index in [1.165, 1.54) is 19.1 Å². The summed E-state index contributed by atoms with van der Waals surface area (Å²) >= 11 is 0. The van der Waals surface area contributed by atoms with Crippen LogP contribution in [0, 0.1) is 11.8 Å². The number of rotatable bonds is 11. The van der Waals surface area contributed by atoms with Gasteiger partial charge in [-0.05, 0) is 51.9 Å². The van der Waals surface area contributed by atoms with Crippen LogP contribution >= 0.6 is 0 Å². The van der Waals surface area contributed by atoms with E-state index in [4.69, 9.17) is 0 Å². The molecular weight excluding hydrogens is 380 g/mol. The van der Waals surface area contributed by atoms with E-state index < -0.39 is 11.7 Å². The van der Waals surface area contributed by atoms with Crippen LogP contribution in [0.15, 0.2) is 48.1 Å². The number of hydrogen-bond acceptors (Lipinski definition) is 5. The molecule has 1 fully saturated rings. The fraction of sp³-hybridized carbons (Fsp3) is 0.600. The second kappa shape index (κ2) is 12.0.